The van der Waals surface area contributed by atoms with Crippen molar-refractivity contribution in [3.63, 3.8) is 0 Å². The smallest absolute Gasteiger partial charge is 0.151 e. The molecule has 3 rings (SSSR count). The molecule has 1 fully saturated rings. The molecule has 19 heavy (non-hydrogen) atoms. The standard InChI is InChI=1S/C14H14Cl2N2O/c15-12-4-3-10(7-13(12)16)14-8-11(19-17-14)9-18-5-1-2-6-18/h3-4,7-8H,1-2,5-6,9H2. The summed E-state index contributed by atoms with van der Waals surface area (Å²) in [4.78, 5) is 2.37. The summed E-state index contributed by atoms with van der Waals surface area (Å²) in [5, 5.41) is 5.17. The Morgan fingerprint density at radius 3 is 2.63 bits per heavy atom. The number of aromatic nitrogens is 1. The largest absolute Gasteiger partial charge is 0.359 e. The third-order valence-electron chi connectivity index (χ3n) is 3.35. The zero-order valence-corrected chi connectivity index (χ0v) is 11.9. The lowest BCUT2D eigenvalue weighted by Crippen LogP contribution is -2.17. The van der Waals surface area contributed by atoms with Crippen molar-refractivity contribution < 1.29 is 4.52 Å². The molecular formula is C14H14Cl2N2O. The van der Waals surface area contributed by atoms with Crippen molar-refractivity contribution in [2.45, 2.75) is 19.4 Å². The van der Waals surface area contributed by atoms with Gasteiger partial charge in [0.25, 0.3) is 0 Å². The predicted octanol–water partition coefficient (Wildman–Crippen LogP) is 4.24. The zero-order chi connectivity index (χ0) is 13.2. The van der Waals surface area contributed by atoms with Crippen LogP contribution in [-0.2, 0) is 6.54 Å². The average Bonchev–Trinajstić information content (AvgIpc) is 3.05. The van der Waals surface area contributed by atoms with Crippen molar-refractivity contribution in [2.24, 2.45) is 0 Å². The molecule has 2 heterocycles. The Morgan fingerprint density at radius 1 is 1.11 bits per heavy atom. The van der Waals surface area contributed by atoms with Crippen molar-refractivity contribution in [1.29, 1.82) is 0 Å². The second kappa shape index (κ2) is 5.53. The molecule has 0 saturated carbocycles. The van der Waals surface area contributed by atoms with Crippen molar-refractivity contribution in [1.82, 2.24) is 10.1 Å². The van der Waals surface area contributed by atoms with Gasteiger partial charge in [0.15, 0.2) is 5.76 Å². The fourth-order valence-corrected chi connectivity index (χ4v) is 2.64. The second-order valence-corrected chi connectivity index (χ2v) is 5.61. The Labute approximate surface area is 122 Å². The van der Waals surface area contributed by atoms with E-state index >= 15 is 0 Å². The SMILES string of the molecule is Clc1ccc(-c2cc(CN3CCCC3)on2)cc1Cl. The molecule has 1 saturated heterocycles. The number of hydrogen-bond donors (Lipinski definition) is 0. The van der Waals surface area contributed by atoms with Gasteiger partial charge in [-0.1, -0.05) is 34.4 Å². The van der Waals surface area contributed by atoms with Crippen molar-refractivity contribution in [2.75, 3.05) is 13.1 Å². The molecule has 0 bridgehead atoms. The van der Waals surface area contributed by atoms with Gasteiger partial charge in [-0.25, -0.2) is 0 Å². The molecule has 1 aromatic carbocycles. The molecule has 2 aromatic rings. The summed E-state index contributed by atoms with van der Waals surface area (Å²) in [6, 6.07) is 7.44. The summed E-state index contributed by atoms with van der Waals surface area (Å²) in [6.07, 6.45) is 2.54. The fourth-order valence-electron chi connectivity index (χ4n) is 2.34. The third-order valence-corrected chi connectivity index (χ3v) is 4.09. The Bertz CT molecular complexity index is 577. The third kappa shape index (κ3) is 2.94. The Morgan fingerprint density at radius 2 is 1.89 bits per heavy atom. The van der Waals surface area contributed by atoms with Gasteiger partial charge in [0.1, 0.15) is 5.69 Å². The summed E-state index contributed by atoms with van der Waals surface area (Å²) in [6.45, 7) is 3.11. The van der Waals surface area contributed by atoms with E-state index in [2.05, 4.69) is 10.1 Å². The number of hydrogen-bond acceptors (Lipinski definition) is 3. The molecule has 0 radical (unpaired) electrons. The molecule has 0 spiro atoms. The van der Waals surface area contributed by atoms with Gasteiger partial charge in [-0.3, -0.25) is 4.90 Å². The van der Waals surface area contributed by atoms with E-state index in [0.717, 1.165) is 36.7 Å². The van der Waals surface area contributed by atoms with Gasteiger partial charge in [0.2, 0.25) is 0 Å². The first-order valence-corrected chi connectivity index (χ1v) is 7.11. The van der Waals surface area contributed by atoms with Gasteiger partial charge >= 0.3 is 0 Å². The average molecular weight is 297 g/mol. The molecular weight excluding hydrogens is 283 g/mol. The molecule has 1 aromatic heterocycles. The zero-order valence-electron chi connectivity index (χ0n) is 10.4. The van der Waals surface area contributed by atoms with Crippen LogP contribution in [0.1, 0.15) is 18.6 Å². The van der Waals surface area contributed by atoms with Crippen LogP contribution in [0.3, 0.4) is 0 Å². The van der Waals surface area contributed by atoms with Crippen LogP contribution in [0.5, 0.6) is 0 Å². The molecule has 1 aliphatic rings. The number of benzene rings is 1. The van der Waals surface area contributed by atoms with Crippen LogP contribution in [0.25, 0.3) is 11.3 Å². The summed E-state index contributed by atoms with van der Waals surface area (Å²) in [7, 11) is 0. The molecule has 100 valence electrons. The number of halogens is 2. The van der Waals surface area contributed by atoms with E-state index in [1.807, 2.05) is 12.1 Å². The molecule has 0 N–H and O–H groups in total. The summed E-state index contributed by atoms with van der Waals surface area (Å²) >= 11 is 11.9. The van der Waals surface area contributed by atoms with Crippen molar-refractivity contribution in [3.8, 4) is 11.3 Å². The highest BCUT2D eigenvalue weighted by Gasteiger charge is 2.15. The van der Waals surface area contributed by atoms with E-state index in [9.17, 15) is 0 Å². The second-order valence-electron chi connectivity index (χ2n) is 4.79. The summed E-state index contributed by atoms with van der Waals surface area (Å²) in [5.41, 5.74) is 1.72. The van der Waals surface area contributed by atoms with Gasteiger partial charge in [-0.2, -0.15) is 0 Å². The quantitative estimate of drug-likeness (QED) is 0.848. The Kier molecular flexibility index (Phi) is 3.78. The Hall–Kier alpha value is -1.03. The van der Waals surface area contributed by atoms with E-state index < -0.39 is 0 Å². The fraction of sp³-hybridized carbons (Fsp3) is 0.357. The van der Waals surface area contributed by atoms with Crippen LogP contribution in [0.15, 0.2) is 28.8 Å². The van der Waals surface area contributed by atoms with Gasteiger partial charge < -0.3 is 4.52 Å². The van der Waals surface area contributed by atoms with Crippen molar-refractivity contribution >= 4 is 23.2 Å². The minimum Gasteiger partial charge on any atom is -0.359 e. The molecule has 3 nitrogen and oxygen atoms in total. The van der Waals surface area contributed by atoms with E-state index in [0.29, 0.717) is 10.0 Å². The van der Waals surface area contributed by atoms with Gasteiger partial charge in [-0.15, -0.1) is 0 Å². The van der Waals surface area contributed by atoms with E-state index in [1.54, 1.807) is 12.1 Å². The normalized spacial score (nSPS) is 16.1. The monoisotopic (exact) mass is 296 g/mol. The lowest BCUT2D eigenvalue weighted by atomic mass is 10.1. The predicted molar refractivity (Wildman–Crippen MR) is 76.5 cm³/mol. The molecule has 0 aliphatic carbocycles. The topological polar surface area (TPSA) is 29.3 Å². The van der Waals surface area contributed by atoms with Crippen molar-refractivity contribution in [3.05, 3.63) is 40.1 Å². The first-order valence-electron chi connectivity index (χ1n) is 6.36. The van der Waals surface area contributed by atoms with E-state index in [4.69, 9.17) is 27.7 Å². The molecule has 0 atom stereocenters. The Balaban J connectivity index is 1.78. The minimum atomic E-state index is 0.531. The first-order chi connectivity index (χ1) is 9.22. The van der Waals surface area contributed by atoms with E-state index in [-0.39, 0.29) is 0 Å². The van der Waals surface area contributed by atoms with Gasteiger partial charge in [0, 0.05) is 11.6 Å². The van der Waals surface area contributed by atoms with Crippen LogP contribution in [-0.4, -0.2) is 23.1 Å². The number of rotatable bonds is 3. The summed E-state index contributed by atoms with van der Waals surface area (Å²) in [5.74, 6) is 0.892. The first kappa shape index (κ1) is 13.0. The number of likely N-dealkylation sites (tertiary alicyclic amines) is 1. The highest BCUT2D eigenvalue weighted by atomic mass is 35.5. The highest BCUT2D eigenvalue weighted by molar-refractivity contribution is 6.42. The maximum Gasteiger partial charge on any atom is 0.151 e. The minimum absolute atomic E-state index is 0.531. The molecule has 5 heteroatoms. The lowest BCUT2D eigenvalue weighted by molar-refractivity contribution is 0.274. The van der Waals surface area contributed by atoms with Crippen LogP contribution in [0.4, 0.5) is 0 Å². The maximum absolute atomic E-state index is 6.01. The highest BCUT2D eigenvalue weighted by Crippen LogP contribution is 2.28. The van der Waals surface area contributed by atoms with Gasteiger partial charge in [-0.05, 0) is 38.1 Å². The molecule has 0 unspecified atom stereocenters. The van der Waals surface area contributed by atoms with E-state index in [1.165, 1.54) is 12.8 Å². The van der Waals surface area contributed by atoms with Gasteiger partial charge in [0.05, 0.1) is 16.6 Å². The number of nitrogens with zero attached hydrogens (tertiary/aromatic N) is 2. The van der Waals surface area contributed by atoms with Crippen LogP contribution in [0, 0.1) is 0 Å². The lowest BCUT2D eigenvalue weighted by Gasteiger charge is -2.10. The van der Waals surface area contributed by atoms with Crippen LogP contribution in [0.2, 0.25) is 10.0 Å². The maximum atomic E-state index is 6.01. The van der Waals surface area contributed by atoms with Crippen LogP contribution < -0.4 is 0 Å². The van der Waals surface area contributed by atoms with Crippen LogP contribution >= 0.6 is 23.2 Å². The molecule has 1 aliphatic heterocycles. The molecule has 0 amide bonds. The summed E-state index contributed by atoms with van der Waals surface area (Å²) < 4.78 is 5.38.